The van der Waals surface area contributed by atoms with Gasteiger partial charge < -0.3 is 15.8 Å². The van der Waals surface area contributed by atoms with E-state index in [9.17, 15) is 4.79 Å². The summed E-state index contributed by atoms with van der Waals surface area (Å²) in [4.78, 5) is 17.2. The van der Waals surface area contributed by atoms with Crippen molar-refractivity contribution >= 4 is 11.7 Å². The lowest BCUT2D eigenvalue weighted by atomic mass is 9.61. The van der Waals surface area contributed by atoms with Crippen LogP contribution in [0.1, 0.15) is 32.6 Å². The van der Waals surface area contributed by atoms with Crippen LogP contribution in [0.15, 0.2) is 5.16 Å². The lowest BCUT2D eigenvalue weighted by molar-refractivity contribution is -0.146. The molecule has 0 aromatic heterocycles. The second kappa shape index (κ2) is 5.48. The van der Waals surface area contributed by atoms with E-state index in [4.69, 9.17) is 10.9 Å². The zero-order valence-corrected chi connectivity index (χ0v) is 12.8. The molecule has 3 fully saturated rings. The van der Waals surface area contributed by atoms with E-state index in [1.165, 1.54) is 19.4 Å². The van der Waals surface area contributed by atoms with Crippen LogP contribution in [0.25, 0.3) is 0 Å². The zero-order valence-electron chi connectivity index (χ0n) is 12.8. The number of hydrogen-bond donors (Lipinski definition) is 2. The maximum atomic E-state index is 12.8. The minimum Gasteiger partial charge on any atom is -0.409 e. The van der Waals surface area contributed by atoms with Crippen molar-refractivity contribution in [3.8, 4) is 0 Å². The van der Waals surface area contributed by atoms with Crippen molar-refractivity contribution in [1.29, 1.82) is 0 Å². The fourth-order valence-electron chi connectivity index (χ4n) is 3.82. The summed E-state index contributed by atoms with van der Waals surface area (Å²) < 4.78 is 0. The van der Waals surface area contributed by atoms with E-state index in [2.05, 4.69) is 17.0 Å². The van der Waals surface area contributed by atoms with Crippen molar-refractivity contribution in [3.63, 3.8) is 0 Å². The van der Waals surface area contributed by atoms with E-state index in [1.807, 2.05) is 4.90 Å². The van der Waals surface area contributed by atoms with E-state index in [0.717, 1.165) is 32.1 Å². The summed E-state index contributed by atoms with van der Waals surface area (Å²) in [5.74, 6) is 1.50. The fraction of sp³-hybridized carbons (Fsp3) is 0.867. The highest BCUT2D eigenvalue weighted by Crippen LogP contribution is 2.47. The highest BCUT2D eigenvalue weighted by molar-refractivity contribution is 6.07. The van der Waals surface area contributed by atoms with E-state index < -0.39 is 5.41 Å². The van der Waals surface area contributed by atoms with Gasteiger partial charge in [-0.2, -0.15) is 0 Å². The Morgan fingerprint density at radius 2 is 1.90 bits per heavy atom. The van der Waals surface area contributed by atoms with Gasteiger partial charge in [-0.25, -0.2) is 0 Å². The van der Waals surface area contributed by atoms with E-state index >= 15 is 0 Å². The van der Waals surface area contributed by atoms with Crippen LogP contribution in [0, 0.1) is 17.3 Å². The van der Waals surface area contributed by atoms with Crippen molar-refractivity contribution in [2.75, 3.05) is 32.7 Å². The molecule has 6 heteroatoms. The van der Waals surface area contributed by atoms with Gasteiger partial charge in [0.05, 0.1) is 0 Å². The van der Waals surface area contributed by atoms with Gasteiger partial charge in [-0.15, -0.1) is 0 Å². The smallest absolute Gasteiger partial charge is 0.236 e. The molecule has 3 rings (SSSR count). The summed E-state index contributed by atoms with van der Waals surface area (Å²) in [6.07, 6.45) is 4.13. The molecule has 0 unspecified atom stereocenters. The van der Waals surface area contributed by atoms with Crippen LogP contribution < -0.4 is 5.73 Å². The van der Waals surface area contributed by atoms with Gasteiger partial charge in [0.25, 0.3) is 0 Å². The van der Waals surface area contributed by atoms with Crippen LogP contribution in [0.2, 0.25) is 0 Å². The molecule has 3 N–H and O–H groups in total. The van der Waals surface area contributed by atoms with Crippen molar-refractivity contribution in [1.82, 2.24) is 9.80 Å². The average Bonchev–Trinajstić information content (AvgIpc) is 3.27. The van der Waals surface area contributed by atoms with Gasteiger partial charge in [0.2, 0.25) is 5.91 Å². The molecule has 0 aromatic rings. The molecule has 0 atom stereocenters. The minimum atomic E-state index is -0.743. The van der Waals surface area contributed by atoms with Gasteiger partial charge in [-0.3, -0.25) is 9.69 Å². The SMILES string of the molecule is CC1CC(C(=O)N2CCN(CC3CC3)CC2)(C(N)=NO)C1. The lowest BCUT2D eigenvalue weighted by Crippen LogP contribution is -2.60. The van der Waals surface area contributed by atoms with Crippen LogP contribution in [0.4, 0.5) is 0 Å². The maximum Gasteiger partial charge on any atom is 0.236 e. The molecule has 21 heavy (non-hydrogen) atoms. The van der Waals surface area contributed by atoms with Gasteiger partial charge in [-0.05, 0) is 37.5 Å². The highest BCUT2D eigenvalue weighted by Gasteiger charge is 2.53. The lowest BCUT2D eigenvalue weighted by Gasteiger charge is -2.47. The van der Waals surface area contributed by atoms with Crippen molar-refractivity contribution in [3.05, 3.63) is 0 Å². The Labute approximate surface area is 125 Å². The number of amides is 1. The Balaban J connectivity index is 1.59. The van der Waals surface area contributed by atoms with Crippen molar-refractivity contribution < 1.29 is 10.0 Å². The topological polar surface area (TPSA) is 82.2 Å². The number of nitrogens with zero attached hydrogens (tertiary/aromatic N) is 3. The first-order chi connectivity index (χ1) is 10.0. The standard InChI is InChI=1S/C15H26N4O2/c1-11-8-15(9-11,13(16)17-21)14(20)19-6-4-18(5-7-19)10-12-2-3-12/h11-12,21H,2-10H2,1H3,(H2,16,17). The maximum absolute atomic E-state index is 12.8. The van der Waals surface area contributed by atoms with Crippen molar-refractivity contribution in [2.24, 2.45) is 28.1 Å². The molecule has 0 bridgehead atoms. The van der Waals surface area contributed by atoms with Crippen molar-refractivity contribution in [2.45, 2.75) is 32.6 Å². The second-order valence-electron chi connectivity index (χ2n) is 7.12. The quantitative estimate of drug-likeness (QED) is 0.346. The largest absolute Gasteiger partial charge is 0.409 e. The van der Waals surface area contributed by atoms with Crippen LogP contribution in [0.3, 0.4) is 0 Å². The number of nitrogens with two attached hydrogens (primary N) is 1. The number of carbonyl (C=O) groups excluding carboxylic acids is 1. The Hall–Kier alpha value is -1.30. The second-order valence-corrected chi connectivity index (χ2v) is 7.12. The Morgan fingerprint density at radius 1 is 1.29 bits per heavy atom. The first kappa shape index (κ1) is 14.6. The van der Waals surface area contributed by atoms with Gasteiger partial charge in [0.15, 0.2) is 5.84 Å². The van der Waals surface area contributed by atoms with E-state index in [1.54, 1.807) is 0 Å². The first-order valence-corrected chi connectivity index (χ1v) is 8.05. The molecule has 6 nitrogen and oxygen atoms in total. The average molecular weight is 294 g/mol. The van der Waals surface area contributed by atoms with E-state index in [0.29, 0.717) is 18.8 Å². The first-order valence-electron chi connectivity index (χ1n) is 8.05. The Bertz CT molecular complexity index is 433. The van der Waals surface area contributed by atoms with Crippen LogP contribution in [-0.2, 0) is 4.79 Å². The summed E-state index contributed by atoms with van der Waals surface area (Å²) in [6, 6.07) is 0. The molecule has 0 aromatic carbocycles. The molecule has 1 aliphatic heterocycles. The number of amidine groups is 1. The van der Waals surface area contributed by atoms with Gasteiger partial charge in [0.1, 0.15) is 5.41 Å². The number of piperazine rings is 1. The van der Waals surface area contributed by atoms with Crippen LogP contribution >= 0.6 is 0 Å². The number of oxime groups is 1. The monoisotopic (exact) mass is 294 g/mol. The molecule has 118 valence electrons. The Kier molecular flexibility index (Phi) is 3.82. The predicted molar refractivity (Wildman–Crippen MR) is 80.0 cm³/mol. The molecular weight excluding hydrogens is 268 g/mol. The number of rotatable bonds is 4. The molecule has 2 aliphatic carbocycles. The molecule has 1 heterocycles. The summed E-state index contributed by atoms with van der Waals surface area (Å²) in [6.45, 7) is 6.71. The molecule has 1 amide bonds. The number of hydrogen-bond acceptors (Lipinski definition) is 4. The van der Waals surface area contributed by atoms with Gasteiger partial charge >= 0.3 is 0 Å². The number of carbonyl (C=O) groups is 1. The van der Waals surface area contributed by atoms with Crippen LogP contribution in [-0.4, -0.2) is 59.5 Å². The van der Waals surface area contributed by atoms with E-state index in [-0.39, 0.29) is 11.7 Å². The zero-order chi connectivity index (χ0) is 15.0. The molecule has 0 spiro atoms. The molecule has 1 saturated heterocycles. The third kappa shape index (κ3) is 2.73. The summed E-state index contributed by atoms with van der Waals surface area (Å²) in [5.41, 5.74) is 5.08. The molecule has 3 aliphatic rings. The van der Waals surface area contributed by atoms with Gasteiger partial charge in [0, 0.05) is 32.7 Å². The third-order valence-electron chi connectivity index (χ3n) is 5.27. The predicted octanol–water partition coefficient (Wildman–Crippen LogP) is 0.703. The molecule has 2 saturated carbocycles. The van der Waals surface area contributed by atoms with Gasteiger partial charge in [-0.1, -0.05) is 12.1 Å². The molecular formula is C15H26N4O2. The minimum absolute atomic E-state index is 0.0574. The normalized spacial score (nSPS) is 34.6. The summed E-state index contributed by atoms with van der Waals surface area (Å²) in [5, 5.41) is 12.1. The summed E-state index contributed by atoms with van der Waals surface area (Å²) in [7, 11) is 0. The Morgan fingerprint density at radius 3 is 2.38 bits per heavy atom. The highest BCUT2D eigenvalue weighted by atomic mass is 16.4. The third-order valence-corrected chi connectivity index (χ3v) is 5.27. The molecule has 0 radical (unpaired) electrons. The fourth-order valence-corrected chi connectivity index (χ4v) is 3.82. The summed E-state index contributed by atoms with van der Waals surface area (Å²) >= 11 is 0. The van der Waals surface area contributed by atoms with Crippen LogP contribution in [0.5, 0.6) is 0 Å².